The zero-order valence-corrected chi connectivity index (χ0v) is 14.4. The van der Waals surface area contributed by atoms with Gasteiger partial charge in [-0.3, -0.25) is 4.98 Å². The molecule has 0 atom stereocenters. The first-order valence-corrected chi connectivity index (χ1v) is 8.65. The van der Waals surface area contributed by atoms with Crippen molar-refractivity contribution in [1.29, 1.82) is 0 Å². The molecular weight excluding hydrogens is 360 g/mol. The van der Waals surface area contributed by atoms with Crippen LogP contribution in [0, 0.1) is 0 Å². The highest BCUT2D eigenvalue weighted by atomic mass is 79.9. The van der Waals surface area contributed by atoms with Gasteiger partial charge in [0.1, 0.15) is 0 Å². The third kappa shape index (κ3) is 1.91. The molecule has 2 aromatic heterocycles. The number of para-hydroxylation sites is 3. The summed E-state index contributed by atoms with van der Waals surface area (Å²) in [5.41, 5.74) is 6.90. The Morgan fingerprint density at radius 1 is 0.750 bits per heavy atom. The molecule has 0 radical (unpaired) electrons. The Kier molecular flexibility index (Phi) is 2.97. The number of benzene rings is 3. The maximum Gasteiger partial charge on any atom is 0.0871 e. The van der Waals surface area contributed by atoms with E-state index in [0.29, 0.717) is 0 Å². The van der Waals surface area contributed by atoms with E-state index in [1.807, 2.05) is 12.3 Å². The van der Waals surface area contributed by atoms with Gasteiger partial charge in [-0.05, 0) is 35.9 Å². The predicted molar refractivity (Wildman–Crippen MR) is 103 cm³/mol. The average Bonchev–Trinajstić information content (AvgIpc) is 2.96. The highest BCUT2D eigenvalue weighted by Gasteiger charge is 2.15. The molecule has 0 aliphatic heterocycles. The smallest absolute Gasteiger partial charge is 0.0871 e. The normalized spacial score (nSPS) is 11.5. The molecule has 0 saturated heterocycles. The fourth-order valence-corrected chi connectivity index (χ4v) is 3.88. The molecule has 0 fully saturated rings. The van der Waals surface area contributed by atoms with E-state index in [2.05, 4.69) is 92.0 Å². The predicted octanol–water partition coefficient (Wildman–Crippen LogP) is 6.07. The van der Waals surface area contributed by atoms with E-state index in [0.717, 1.165) is 21.0 Å². The Balaban J connectivity index is 2.04. The minimum Gasteiger partial charge on any atom is -0.306 e. The second-order valence-corrected chi connectivity index (χ2v) is 6.79. The first kappa shape index (κ1) is 13.8. The van der Waals surface area contributed by atoms with Crippen LogP contribution in [-0.2, 0) is 0 Å². The van der Waals surface area contributed by atoms with Crippen molar-refractivity contribution < 1.29 is 0 Å². The van der Waals surface area contributed by atoms with Crippen LogP contribution in [0.15, 0.2) is 83.5 Å². The van der Waals surface area contributed by atoms with Gasteiger partial charge >= 0.3 is 0 Å². The van der Waals surface area contributed by atoms with Gasteiger partial charge in [0.25, 0.3) is 0 Å². The van der Waals surface area contributed by atoms with Gasteiger partial charge in [-0.25, -0.2) is 0 Å². The van der Waals surface area contributed by atoms with Crippen LogP contribution >= 0.6 is 15.9 Å². The summed E-state index contributed by atoms with van der Waals surface area (Å²) < 4.78 is 3.39. The summed E-state index contributed by atoms with van der Waals surface area (Å²) in [5.74, 6) is 0. The number of fused-ring (bicyclic) bond motifs is 5. The molecule has 114 valence electrons. The van der Waals surface area contributed by atoms with Crippen molar-refractivity contribution in [2.45, 2.75) is 0 Å². The minimum atomic E-state index is 1.01. The highest BCUT2D eigenvalue weighted by molar-refractivity contribution is 9.10. The van der Waals surface area contributed by atoms with Crippen LogP contribution in [-0.4, -0.2) is 9.38 Å². The molecule has 0 saturated carbocycles. The lowest BCUT2D eigenvalue weighted by molar-refractivity contribution is 1.27. The zero-order chi connectivity index (χ0) is 16.1. The van der Waals surface area contributed by atoms with Crippen LogP contribution in [0.5, 0.6) is 0 Å². The summed E-state index contributed by atoms with van der Waals surface area (Å²) in [6, 6.07) is 25.3. The summed E-state index contributed by atoms with van der Waals surface area (Å²) in [5, 5.41) is 1.24. The standard InChI is InChI=1S/C21H13BrN2/c22-15-7-5-6-14(12-15)21-16-8-1-3-10-18(16)24-19-11-4-2-9-17(19)23-13-20(21)24/h1-13H. The number of hydrogen-bond donors (Lipinski definition) is 0. The second-order valence-electron chi connectivity index (χ2n) is 5.87. The molecule has 0 aliphatic carbocycles. The van der Waals surface area contributed by atoms with Gasteiger partial charge in [0, 0.05) is 15.4 Å². The van der Waals surface area contributed by atoms with Gasteiger partial charge in [0.05, 0.1) is 28.3 Å². The van der Waals surface area contributed by atoms with E-state index in [1.165, 1.54) is 22.0 Å². The van der Waals surface area contributed by atoms with Crippen molar-refractivity contribution in [3.63, 3.8) is 0 Å². The van der Waals surface area contributed by atoms with E-state index >= 15 is 0 Å². The van der Waals surface area contributed by atoms with E-state index in [4.69, 9.17) is 0 Å². The molecule has 5 aromatic rings. The summed E-state index contributed by atoms with van der Waals surface area (Å²) >= 11 is 3.59. The van der Waals surface area contributed by atoms with Crippen LogP contribution in [0.25, 0.3) is 38.6 Å². The first-order valence-electron chi connectivity index (χ1n) is 7.86. The molecule has 0 spiro atoms. The lowest BCUT2D eigenvalue weighted by Crippen LogP contribution is -1.90. The molecule has 0 aliphatic rings. The first-order chi connectivity index (χ1) is 11.8. The SMILES string of the molecule is Brc1cccc(-c2c3ccccc3n3c2cnc2ccccc23)c1. The third-order valence-corrected chi connectivity index (χ3v) is 4.97. The van der Waals surface area contributed by atoms with Crippen molar-refractivity contribution in [2.24, 2.45) is 0 Å². The van der Waals surface area contributed by atoms with Gasteiger partial charge < -0.3 is 4.40 Å². The van der Waals surface area contributed by atoms with Gasteiger partial charge in [-0.2, -0.15) is 0 Å². The fourth-order valence-electron chi connectivity index (χ4n) is 3.48. The molecule has 2 heterocycles. The highest BCUT2D eigenvalue weighted by Crippen LogP contribution is 2.37. The van der Waals surface area contributed by atoms with Crippen LogP contribution in [0.3, 0.4) is 0 Å². The second kappa shape index (κ2) is 5.18. The van der Waals surface area contributed by atoms with Crippen molar-refractivity contribution in [3.8, 4) is 11.1 Å². The summed E-state index contributed by atoms with van der Waals surface area (Å²) in [6.45, 7) is 0. The maximum absolute atomic E-state index is 4.68. The summed E-state index contributed by atoms with van der Waals surface area (Å²) in [4.78, 5) is 4.68. The molecule has 3 aromatic carbocycles. The number of nitrogens with zero attached hydrogens (tertiary/aromatic N) is 2. The monoisotopic (exact) mass is 372 g/mol. The van der Waals surface area contributed by atoms with Crippen molar-refractivity contribution in [3.05, 3.63) is 83.5 Å². The molecule has 0 N–H and O–H groups in total. The Morgan fingerprint density at radius 3 is 2.42 bits per heavy atom. The topological polar surface area (TPSA) is 17.3 Å². The van der Waals surface area contributed by atoms with Crippen molar-refractivity contribution in [1.82, 2.24) is 9.38 Å². The van der Waals surface area contributed by atoms with E-state index < -0.39 is 0 Å². The van der Waals surface area contributed by atoms with Crippen LogP contribution < -0.4 is 0 Å². The van der Waals surface area contributed by atoms with Gasteiger partial charge in [0.15, 0.2) is 0 Å². The Morgan fingerprint density at radius 2 is 1.54 bits per heavy atom. The van der Waals surface area contributed by atoms with Gasteiger partial charge in [0.2, 0.25) is 0 Å². The molecule has 5 rings (SSSR count). The van der Waals surface area contributed by atoms with E-state index in [1.54, 1.807) is 0 Å². The lowest BCUT2D eigenvalue weighted by atomic mass is 10.0. The zero-order valence-electron chi connectivity index (χ0n) is 12.8. The average molecular weight is 373 g/mol. The van der Waals surface area contributed by atoms with E-state index in [9.17, 15) is 0 Å². The summed E-state index contributed by atoms with van der Waals surface area (Å²) in [7, 11) is 0. The number of rotatable bonds is 1. The summed E-state index contributed by atoms with van der Waals surface area (Å²) in [6.07, 6.45) is 1.98. The number of halogens is 1. The van der Waals surface area contributed by atoms with Gasteiger partial charge in [-0.15, -0.1) is 0 Å². The molecule has 2 nitrogen and oxygen atoms in total. The molecule has 0 amide bonds. The third-order valence-electron chi connectivity index (χ3n) is 4.47. The van der Waals surface area contributed by atoms with Crippen molar-refractivity contribution >= 4 is 43.4 Å². The number of hydrogen-bond acceptors (Lipinski definition) is 1. The Labute approximate surface area is 147 Å². The van der Waals surface area contributed by atoms with Crippen molar-refractivity contribution in [2.75, 3.05) is 0 Å². The Bertz CT molecular complexity index is 1220. The minimum absolute atomic E-state index is 1.01. The number of aromatic nitrogens is 2. The maximum atomic E-state index is 4.68. The van der Waals surface area contributed by atoms with Crippen LogP contribution in [0.2, 0.25) is 0 Å². The molecular formula is C21H13BrN2. The van der Waals surface area contributed by atoms with Gasteiger partial charge in [-0.1, -0.05) is 58.4 Å². The quantitative estimate of drug-likeness (QED) is 0.349. The molecule has 3 heteroatoms. The molecule has 0 unspecified atom stereocenters. The van der Waals surface area contributed by atoms with Crippen LogP contribution in [0.4, 0.5) is 0 Å². The van der Waals surface area contributed by atoms with Crippen LogP contribution in [0.1, 0.15) is 0 Å². The lowest BCUT2D eigenvalue weighted by Gasteiger charge is -2.05. The fraction of sp³-hybridized carbons (Fsp3) is 0. The largest absolute Gasteiger partial charge is 0.306 e. The molecule has 24 heavy (non-hydrogen) atoms. The molecule has 0 bridgehead atoms. The van der Waals surface area contributed by atoms with E-state index in [-0.39, 0.29) is 0 Å². The Hall–Kier alpha value is -2.65.